The van der Waals surface area contributed by atoms with Crippen molar-refractivity contribution in [1.82, 2.24) is 19.1 Å². The molecule has 0 spiro atoms. The molecule has 4 heteroatoms. The van der Waals surface area contributed by atoms with Gasteiger partial charge in [-0.25, -0.2) is 9.97 Å². The van der Waals surface area contributed by atoms with Crippen LogP contribution in [0, 0.1) is 0 Å². The monoisotopic (exact) mass is 1170 g/mol. The summed E-state index contributed by atoms with van der Waals surface area (Å²) in [7, 11) is 0. The number of aromatic nitrogens is 4. The maximum absolute atomic E-state index is 5.73. The number of hydrogen-bond acceptors (Lipinski definition) is 2. The van der Waals surface area contributed by atoms with Crippen molar-refractivity contribution in [2.75, 3.05) is 0 Å². The largest absolute Gasteiger partial charge is 0.309 e. The Morgan fingerprint density at radius 1 is 0.228 bits per heavy atom. The van der Waals surface area contributed by atoms with Crippen molar-refractivity contribution in [2.45, 2.75) is 38.5 Å². The highest BCUT2D eigenvalue weighted by atomic mass is 15.2. The third kappa shape index (κ3) is 8.44. The summed E-state index contributed by atoms with van der Waals surface area (Å²) in [5.41, 5.74) is 31.2. The Bertz CT molecular complexity index is 5640. The summed E-state index contributed by atoms with van der Waals surface area (Å²) in [6.07, 6.45) is 0. The third-order valence-electron chi connectivity index (χ3n) is 20.1. The number of fused-ring (bicyclic) bond motifs is 12. The zero-order valence-corrected chi connectivity index (χ0v) is 51.7. The standard InChI is InChI=1S/C88H62N4/c1-87(2)76-33-15-11-29-68(76)70-41-37-58(50-78(70)87)60-39-43-74-72-31-13-17-35-82(72)91(84(74)52-60)67-28-20-27-63(49-67)81-54-80(62-26-19-25-57(45-62)66-47-64(55-21-7-5-8-22-55)46-65(48-66)56-23-9-6-10-24-56)89-86(90-81)92-83-36-18-14-32-73(83)75-44-40-61(53-85(75)92)59-38-42-71-69-30-12-16-34-77(69)88(3,4)79(71)51-59/h5-54H,1-4H3. The molecule has 0 atom stereocenters. The van der Waals surface area contributed by atoms with Gasteiger partial charge in [-0.3, -0.25) is 4.57 Å². The first-order chi connectivity index (χ1) is 45.1. The summed E-state index contributed by atoms with van der Waals surface area (Å²) in [4.78, 5) is 11.4. The van der Waals surface area contributed by atoms with Gasteiger partial charge in [0.25, 0.3) is 0 Å². The molecular weight excluding hydrogens is 1110 g/mol. The van der Waals surface area contributed by atoms with Crippen molar-refractivity contribution in [2.24, 2.45) is 0 Å². The van der Waals surface area contributed by atoms with Gasteiger partial charge < -0.3 is 4.57 Å². The molecule has 16 aromatic rings. The highest BCUT2D eigenvalue weighted by Crippen LogP contribution is 2.52. The average molecular weight is 1180 g/mol. The quantitative estimate of drug-likeness (QED) is 0.144. The van der Waals surface area contributed by atoms with E-state index in [2.05, 4.69) is 340 Å². The van der Waals surface area contributed by atoms with E-state index >= 15 is 0 Å². The lowest BCUT2D eigenvalue weighted by Gasteiger charge is -2.22. The number of rotatable bonds is 9. The first kappa shape index (κ1) is 53.6. The van der Waals surface area contributed by atoms with Gasteiger partial charge in [-0.05, 0) is 179 Å². The second kappa shape index (κ2) is 20.5. The van der Waals surface area contributed by atoms with E-state index in [-0.39, 0.29) is 10.8 Å². The van der Waals surface area contributed by atoms with Gasteiger partial charge in [-0.15, -0.1) is 0 Å². The molecule has 0 saturated carbocycles. The Morgan fingerprint density at radius 3 is 1.15 bits per heavy atom. The van der Waals surface area contributed by atoms with E-state index in [1.807, 2.05) is 0 Å². The van der Waals surface area contributed by atoms with Gasteiger partial charge >= 0.3 is 0 Å². The van der Waals surface area contributed by atoms with Gasteiger partial charge in [0.15, 0.2) is 0 Å². The fourth-order valence-electron chi connectivity index (χ4n) is 15.4. The molecule has 92 heavy (non-hydrogen) atoms. The molecule has 0 saturated heterocycles. The second-order valence-electron chi connectivity index (χ2n) is 26.1. The van der Waals surface area contributed by atoms with Crippen molar-refractivity contribution in [3.8, 4) is 112 Å². The molecule has 0 N–H and O–H groups in total. The van der Waals surface area contributed by atoms with Crippen LogP contribution in [0.1, 0.15) is 49.9 Å². The topological polar surface area (TPSA) is 35.6 Å². The normalized spacial score (nSPS) is 13.4. The molecule has 4 nitrogen and oxygen atoms in total. The maximum atomic E-state index is 5.73. The summed E-state index contributed by atoms with van der Waals surface area (Å²) >= 11 is 0. The second-order valence-corrected chi connectivity index (χ2v) is 26.1. The van der Waals surface area contributed by atoms with E-state index in [1.54, 1.807) is 0 Å². The Hall–Kier alpha value is -11.5. The van der Waals surface area contributed by atoms with Crippen molar-refractivity contribution < 1.29 is 0 Å². The van der Waals surface area contributed by atoms with Crippen molar-refractivity contribution in [3.05, 3.63) is 326 Å². The van der Waals surface area contributed by atoms with Crippen LogP contribution in [0.2, 0.25) is 0 Å². The van der Waals surface area contributed by atoms with E-state index < -0.39 is 0 Å². The average Bonchev–Trinajstić information content (AvgIpc) is 1.59. The van der Waals surface area contributed by atoms with Crippen LogP contribution in [0.4, 0.5) is 0 Å². The molecule has 2 aliphatic carbocycles. The SMILES string of the molecule is CC1(C)c2ccccc2-c2ccc(-c3ccc4c5ccccc5n(-c5cccc(-c6cc(-c7cccc(-c8cc(-c9ccccc9)cc(-c9ccccc9)c8)c7)nc(-n7c8ccccc8c8ccc(-c9ccc%10c(c9)C(C)(C)c9ccccc9-%10)cc87)n6)c5)c4c3)cc21. The van der Waals surface area contributed by atoms with E-state index in [0.717, 1.165) is 88.9 Å². The molecule has 434 valence electrons. The van der Waals surface area contributed by atoms with Crippen molar-refractivity contribution in [3.63, 3.8) is 0 Å². The van der Waals surface area contributed by atoms with Crippen molar-refractivity contribution in [1.29, 1.82) is 0 Å². The highest BCUT2D eigenvalue weighted by molar-refractivity contribution is 6.11. The van der Waals surface area contributed by atoms with E-state index in [4.69, 9.17) is 9.97 Å². The molecule has 18 rings (SSSR count). The van der Waals surface area contributed by atoms with Gasteiger partial charge in [0, 0.05) is 49.2 Å². The lowest BCUT2D eigenvalue weighted by molar-refractivity contribution is 0.660. The number of benzene rings is 13. The zero-order chi connectivity index (χ0) is 61.4. The summed E-state index contributed by atoms with van der Waals surface area (Å²) in [6.45, 7) is 9.43. The fraction of sp³-hybridized carbons (Fsp3) is 0.0682. The smallest absolute Gasteiger partial charge is 0.235 e. The van der Waals surface area contributed by atoms with Crippen LogP contribution in [0.5, 0.6) is 0 Å². The summed E-state index contributed by atoms with van der Waals surface area (Å²) in [6, 6.07) is 112. The molecule has 0 amide bonds. The molecule has 3 aromatic heterocycles. The zero-order valence-electron chi connectivity index (χ0n) is 51.7. The summed E-state index contributed by atoms with van der Waals surface area (Å²) < 4.78 is 4.74. The number of nitrogens with zero attached hydrogens (tertiary/aromatic N) is 4. The Labute approximate surface area is 535 Å². The molecule has 3 heterocycles. The van der Waals surface area contributed by atoms with E-state index in [9.17, 15) is 0 Å². The molecule has 2 aliphatic rings. The van der Waals surface area contributed by atoms with Gasteiger partial charge in [-0.1, -0.05) is 252 Å². The Balaban J connectivity index is 0.819. The van der Waals surface area contributed by atoms with Gasteiger partial charge in [0.1, 0.15) is 0 Å². The predicted molar refractivity (Wildman–Crippen MR) is 384 cm³/mol. The molecule has 0 radical (unpaired) electrons. The van der Waals surface area contributed by atoms with E-state index in [0.29, 0.717) is 5.95 Å². The minimum atomic E-state index is -0.131. The Morgan fingerprint density at radius 2 is 0.598 bits per heavy atom. The van der Waals surface area contributed by atoms with Gasteiger partial charge in [0.05, 0.1) is 33.5 Å². The molecule has 0 bridgehead atoms. The van der Waals surface area contributed by atoms with E-state index in [1.165, 1.54) is 83.1 Å². The minimum Gasteiger partial charge on any atom is -0.309 e. The summed E-state index contributed by atoms with van der Waals surface area (Å²) in [5, 5.41) is 4.71. The lowest BCUT2D eigenvalue weighted by Crippen LogP contribution is -2.14. The van der Waals surface area contributed by atoms with Crippen molar-refractivity contribution >= 4 is 43.6 Å². The molecular formula is C88H62N4. The number of para-hydroxylation sites is 2. The van der Waals surface area contributed by atoms with Crippen LogP contribution in [-0.4, -0.2) is 19.1 Å². The first-order valence-electron chi connectivity index (χ1n) is 32.0. The van der Waals surface area contributed by atoms with Crippen LogP contribution in [-0.2, 0) is 10.8 Å². The first-order valence-corrected chi connectivity index (χ1v) is 32.0. The fourth-order valence-corrected chi connectivity index (χ4v) is 15.4. The van der Waals surface area contributed by atoms with Gasteiger partial charge in [0.2, 0.25) is 5.95 Å². The maximum Gasteiger partial charge on any atom is 0.235 e. The van der Waals surface area contributed by atoms with Crippen LogP contribution >= 0.6 is 0 Å². The lowest BCUT2D eigenvalue weighted by atomic mass is 9.81. The predicted octanol–water partition coefficient (Wildman–Crippen LogP) is 23.0. The highest BCUT2D eigenvalue weighted by Gasteiger charge is 2.37. The van der Waals surface area contributed by atoms with Crippen LogP contribution in [0.3, 0.4) is 0 Å². The van der Waals surface area contributed by atoms with Crippen LogP contribution < -0.4 is 0 Å². The minimum absolute atomic E-state index is 0.107. The summed E-state index contributed by atoms with van der Waals surface area (Å²) in [5.74, 6) is 0.599. The molecule has 0 fully saturated rings. The Kier molecular flexibility index (Phi) is 12.0. The molecule has 0 aliphatic heterocycles. The van der Waals surface area contributed by atoms with Crippen LogP contribution in [0.15, 0.2) is 303 Å². The van der Waals surface area contributed by atoms with Crippen LogP contribution in [0.25, 0.3) is 156 Å². The molecule has 0 unspecified atom stereocenters. The number of hydrogen-bond donors (Lipinski definition) is 0. The molecule has 13 aromatic carbocycles. The van der Waals surface area contributed by atoms with Gasteiger partial charge in [-0.2, -0.15) is 0 Å². The third-order valence-corrected chi connectivity index (χ3v) is 20.1.